The molecule has 0 unspecified atom stereocenters. The third-order valence-electron chi connectivity index (χ3n) is 2.82. The summed E-state index contributed by atoms with van der Waals surface area (Å²) in [7, 11) is 0. The fourth-order valence-electron chi connectivity index (χ4n) is 1.82. The minimum Gasteiger partial charge on any atom is -0.381 e. The van der Waals surface area contributed by atoms with Crippen molar-refractivity contribution in [2.24, 2.45) is 5.73 Å². The molecule has 0 spiro atoms. The topological polar surface area (TPSA) is 68.0 Å². The molecule has 0 saturated heterocycles. The van der Waals surface area contributed by atoms with Crippen molar-refractivity contribution in [1.82, 2.24) is 4.98 Å². The van der Waals surface area contributed by atoms with Crippen molar-refractivity contribution in [2.45, 2.75) is 12.7 Å². The number of nitrogens with one attached hydrogen (secondary N) is 1. The first-order valence-corrected chi connectivity index (χ1v) is 6.03. The van der Waals surface area contributed by atoms with E-state index < -0.39 is 17.6 Å². The average Bonchev–Trinajstić information content (AvgIpc) is 2.45. The predicted octanol–water partition coefficient (Wildman–Crippen LogP) is 2.81. The summed E-state index contributed by atoms with van der Waals surface area (Å²) in [6, 6.07) is 8.23. The van der Waals surface area contributed by atoms with E-state index in [4.69, 9.17) is 5.73 Å². The average molecular weight is 295 g/mol. The molecule has 0 aliphatic heterocycles. The van der Waals surface area contributed by atoms with E-state index in [1.807, 2.05) is 0 Å². The zero-order chi connectivity index (χ0) is 15.5. The Labute approximate surface area is 118 Å². The molecule has 1 aromatic carbocycles. The van der Waals surface area contributed by atoms with E-state index in [-0.39, 0.29) is 17.8 Å². The van der Waals surface area contributed by atoms with Crippen molar-refractivity contribution in [3.8, 4) is 0 Å². The summed E-state index contributed by atoms with van der Waals surface area (Å²) in [5.74, 6) is -0.700. The highest BCUT2D eigenvalue weighted by Crippen LogP contribution is 2.32. The number of nitrogens with zero attached hydrogens (tertiary/aromatic N) is 1. The van der Waals surface area contributed by atoms with Gasteiger partial charge in [0.25, 0.3) is 5.91 Å². The fraction of sp³-hybridized carbons (Fsp3) is 0.143. The zero-order valence-corrected chi connectivity index (χ0v) is 10.8. The highest BCUT2D eigenvalue weighted by Gasteiger charge is 2.32. The van der Waals surface area contributed by atoms with E-state index in [2.05, 4.69) is 10.3 Å². The lowest BCUT2D eigenvalue weighted by molar-refractivity contribution is -0.138. The minimum atomic E-state index is -4.41. The van der Waals surface area contributed by atoms with Crippen LogP contribution in [0.5, 0.6) is 0 Å². The first kappa shape index (κ1) is 14.8. The van der Waals surface area contributed by atoms with Gasteiger partial charge < -0.3 is 11.1 Å². The number of anilines is 1. The summed E-state index contributed by atoms with van der Waals surface area (Å²) in [6.07, 6.45) is -3.05. The summed E-state index contributed by atoms with van der Waals surface area (Å²) in [5, 5.41) is 2.82. The summed E-state index contributed by atoms with van der Waals surface area (Å²) in [5.41, 5.74) is 5.03. The highest BCUT2D eigenvalue weighted by molar-refractivity contribution is 5.91. The van der Waals surface area contributed by atoms with Crippen LogP contribution in [0.1, 0.15) is 21.6 Å². The van der Waals surface area contributed by atoms with Gasteiger partial charge in [-0.25, -0.2) is 0 Å². The van der Waals surface area contributed by atoms with Crippen molar-refractivity contribution in [3.63, 3.8) is 0 Å². The van der Waals surface area contributed by atoms with Crippen LogP contribution in [-0.2, 0) is 12.7 Å². The molecule has 0 atom stereocenters. The molecule has 3 N–H and O–H groups in total. The van der Waals surface area contributed by atoms with Crippen LogP contribution in [0.3, 0.4) is 0 Å². The van der Waals surface area contributed by atoms with Gasteiger partial charge >= 0.3 is 6.18 Å². The Hall–Kier alpha value is -2.57. The Morgan fingerprint density at radius 2 is 1.95 bits per heavy atom. The number of rotatable bonds is 4. The number of hydrogen-bond donors (Lipinski definition) is 2. The number of primary amides is 1. The van der Waals surface area contributed by atoms with Gasteiger partial charge in [-0.3, -0.25) is 9.78 Å². The number of aromatic nitrogens is 1. The molecule has 1 heterocycles. The lowest BCUT2D eigenvalue weighted by Gasteiger charge is -2.14. The van der Waals surface area contributed by atoms with E-state index in [0.29, 0.717) is 5.69 Å². The lowest BCUT2D eigenvalue weighted by Crippen LogP contribution is -2.14. The van der Waals surface area contributed by atoms with Gasteiger partial charge in [-0.05, 0) is 23.8 Å². The van der Waals surface area contributed by atoms with Gasteiger partial charge in [0.05, 0.1) is 5.56 Å². The minimum absolute atomic E-state index is 0.0299. The van der Waals surface area contributed by atoms with Crippen molar-refractivity contribution >= 4 is 11.6 Å². The van der Waals surface area contributed by atoms with Crippen LogP contribution in [0.25, 0.3) is 0 Å². The molecule has 0 radical (unpaired) electrons. The van der Waals surface area contributed by atoms with Gasteiger partial charge in [0.2, 0.25) is 0 Å². The lowest BCUT2D eigenvalue weighted by atomic mass is 10.1. The highest BCUT2D eigenvalue weighted by atomic mass is 19.4. The van der Waals surface area contributed by atoms with E-state index >= 15 is 0 Å². The normalized spacial score (nSPS) is 11.2. The second-order valence-electron chi connectivity index (χ2n) is 4.30. The maximum atomic E-state index is 12.8. The Balaban J connectivity index is 2.17. The molecule has 7 heteroatoms. The number of amides is 1. The van der Waals surface area contributed by atoms with Crippen LogP contribution in [0, 0.1) is 0 Å². The Kier molecular flexibility index (Phi) is 4.11. The number of hydrogen-bond acceptors (Lipinski definition) is 3. The smallest absolute Gasteiger partial charge is 0.381 e. The van der Waals surface area contributed by atoms with Crippen LogP contribution < -0.4 is 11.1 Å². The number of carbonyl (C=O) groups is 1. The molecule has 4 nitrogen and oxygen atoms in total. The maximum Gasteiger partial charge on any atom is 0.416 e. The Morgan fingerprint density at radius 1 is 1.24 bits per heavy atom. The molecule has 1 amide bonds. The molecule has 0 aliphatic rings. The quantitative estimate of drug-likeness (QED) is 0.911. The van der Waals surface area contributed by atoms with Crippen LogP contribution in [0.15, 0.2) is 42.6 Å². The summed E-state index contributed by atoms with van der Waals surface area (Å²) >= 11 is 0. The summed E-state index contributed by atoms with van der Waals surface area (Å²) in [6.45, 7) is -0.0299. The third kappa shape index (κ3) is 3.71. The van der Waals surface area contributed by atoms with E-state index in [1.165, 1.54) is 30.5 Å². The molecule has 21 heavy (non-hydrogen) atoms. The van der Waals surface area contributed by atoms with E-state index in [9.17, 15) is 18.0 Å². The predicted molar refractivity (Wildman–Crippen MR) is 71.5 cm³/mol. The standard InChI is InChI=1S/C14H12F3N3O/c15-14(16,17)11-4-2-1-3-9(11)8-20-10-5-6-19-12(7-10)13(18)21/h1-7H,8H2,(H2,18,21)(H,19,20). The molecule has 0 saturated carbocycles. The second-order valence-corrected chi connectivity index (χ2v) is 4.30. The van der Waals surface area contributed by atoms with Gasteiger partial charge in [0, 0.05) is 18.4 Å². The van der Waals surface area contributed by atoms with Crippen LogP contribution in [-0.4, -0.2) is 10.9 Å². The van der Waals surface area contributed by atoms with E-state index in [1.54, 1.807) is 6.07 Å². The molecular weight excluding hydrogens is 283 g/mol. The first-order valence-electron chi connectivity index (χ1n) is 6.03. The third-order valence-corrected chi connectivity index (χ3v) is 2.82. The zero-order valence-electron chi connectivity index (χ0n) is 10.8. The molecule has 2 rings (SSSR count). The number of nitrogens with two attached hydrogens (primary N) is 1. The molecule has 0 aliphatic carbocycles. The van der Waals surface area contributed by atoms with Gasteiger partial charge in [-0.2, -0.15) is 13.2 Å². The van der Waals surface area contributed by atoms with Crippen molar-refractivity contribution in [1.29, 1.82) is 0 Å². The summed E-state index contributed by atoms with van der Waals surface area (Å²) < 4.78 is 38.5. The second kappa shape index (κ2) is 5.82. The fourth-order valence-corrected chi connectivity index (χ4v) is 1.82. The monoisotopic (exact) mass is 295 g/mol. The van der Waals surface area contributed by atoms with Crippen molar-refractivity contribution in [2.75, 3.05) is 5.32 Å². The number of benzene rings is 1. The molecular formula is C14H12F3N3O. The molecule has 110 valence electrons. The number of pyridine rings is 1. The SMILES string of the molecule is NC(=O)c1cc(NCc2ccccc2C(F)(F)F)ccn1. The maximum absolute atomic E-state index is 12.8. The number of carbonyl (C=O) groups excluding carboxylic acids is 1. The molecule has 2 aromatic rings. The van der Waals surface area contributed by atoms with Gasteiger partial charge in [0.15, 0.2) is 0 Å². The van der Waals surface area contributed by atoms with Crippen LogP contribution in [0.2, 0.25) is 0 Å². The van der Waals surface area contributed by atoms with Crippen LogP contribution in [0.4, 0.5) is 18.9 Å². The van der Waals surface area contributed by atoms with Crippen molar-refractivity contribution < 1.29 is 18.0 Å². The Morgan fingerprint density at radius 3 is 2.62 bits per heavy atom. The molecule has 0 bridgehead atoms. The number of halogens is 3. The first-order chi connectivity index (χ1) is 9.88. The number of alkyl halides is 3. The van der Waals surface area contributed by atoms with Gasteiger partial charge in [-0.15, -0.1) is 0 Å². The molecule has 0 fully saturated rings. The van der Waals surface area contributed by atoms with Gasteiger partial charge in [0.1, 0.15) is 5.69 Å². The van der Waals surface area contributed by atoms with Crippen molar-refractivity contribution in [3.05, 3.63) is 59.4 Å². The Bertz CT molecular complexity index is 656. The largest absolute Gasteiger partial charge is 0.416 e. The van der Waals surface area contributed by atoms with Crippen LogP contribution >= 0.6 is 0 Å². The van der Waals surface area contributed by atoms with E-state index in [0.717, 1.165) is 6.07 Å². The molecule has 1 aromatic heterocycles. The van der Waals surface area contributed by atoms with Gasteiger partial charge in [-0.1, -0.05) is 18.2 Å². The summed E-state index contributed by atoms with van der Waals surface area (Å²) in [4.78, 5) is 14.8.